The first-order chi connectivity index (χ1) is 9.60. The minimum Gasteiger partial charge on any atom is -0.496 e. The van der Waals surface area contributed by atoms with Crippen molar-refractivity contribution in [1.82, 2.24) is 5.32 Å². The highest BCUT2D eigenvalue weighted by atomic mass is 35.5. The molecule has 1 atom stereocenters. The van der Waals surface area contributed by atoms with Crippen molar-refractivity contribution in [1.29, 1.82) is 0 Å². The van der Waals surface area contributed by atoms with Crippen molar-refractivity contribution in [2.75, 3.05) is 13.7 Å². The smallest absolute Gasteiger partial charge is 0.123 e. The second kappa shape index (κ2) is 7.11. The van der Waals surface area contributed by atoms with Crippen molar-refractivity contribution in [2.24, 2.45) is 0 Å². The number of methoxy groups -OCH3 is 1. The van der Waals surface area contributed by atoms with Gasteiger partial charge >= 0.3 is 0 Å². The highest BCUT2D eigenvalue weighted by Crippen LogP contribution is 2.26. The van der Waals surface area contributed by atoms with E-state index in [2.05, 4.69) is 37.4 Å². The van der Waals surface area contributed by atoms with Crippen LogP contribution in [0.5, 0.6) is 5.75 Å². The van der Waals surface area contributed by atoms with E-state index in [4.69, 9.17) is 16.3 Å². The first kappa shape index (κ1) is 15.4. The van der Waals surface area contributed by atoms with Crippen molar-refractivity contribution >= 4 is 22.9 Å². The Morgan fingerprint density at radius 3 is 2.75 bits per heavy atom. The molecule has 2 aromatic rings. The van der Waals surface area contributed by atoms with Gasteiger partial charge in [-0.25, -0.2) is 0 Å². The molecule has 0 radical (unpaired) electrons. The van der Waals surface area contributed by atoms with Crippen molar-refractivity contribution in [3.63, 3.8) is 0 Å². The lowest BCUT2D eigenvalue weighted by Gasteiger charge is -2.17. The average molecular weight is 310 g/mol. The maximum atomic E-state index is 5.94. The van der Waals surface area contributed by atoms with Crippen LogP contribution in [0.1, 0.15) is 29.0 Å². The molecule has 2 nitrogen and oxygen atoms in total. The molecule has 2 rings (SSSR count). The Hall–Kier alpha value is -1.03. The summed E-state index contributed by atoms with van der Waals surface area (Å²) in [6.07, 6.45) is 0.996. The van der Waals surface area contributed by atoms with Crippen LogP contribution < -0.4 is 10.1 Å². The van der Waals surface area contributed by atoms with Crippen LogP contribution in [-0.2, 0) is 6.42 Å². The summed E-state index contributed by atoms with van der Waals surface area (Å²) in [5.41, 5.74) is 2.45. The van der Waals surface area contributed by atoms with E-state index in [1.807, 2.05) is 12.1 Å². The molecule has 0 fully saturated rings. The Morgan fingerprint density at radius 2 is 2.10 bits per heavy atom. The number of aryl methyl sites for hydroxylation is 1. The summed E-state index contributed by atoms with van der Waals surface area (Å²) < 4.78 is 6.29. The van der Waals surface area contributed by atoms with Crippen molar-refractivity contribution in [2.45, 2.75) is 26.3 Å². The van der Waals surface area contributed by atoms with Gasteiger partial charge in [0.25, 0.3) is 0 Å². The fraction of sp³-hybridized carbons (Fsp3) is 0.375. The SMILES string of the molecule is COc1ccc(C)cc1C(C)NCCc1ccc(Cl)s1. The molecule has 1 N–H and O–H groups in total. The maximum Gasteiger partial charge on any atom is 0.123 e. The van der Waals surface area contributed by atoms with Crippen LogP contribution in [-0.4, -0.2) is 13.7 Å². The van der Waals surface area contributed by atoms with Crippen molar-refractivity contribution in [3.8, 4) is 5.75 Å². The largest absolute Gasteiger partial charge is 0.496 e. The molecule has 0 saturated heterocycles. The highest BCUT2D eigenvalue weighted by molar-refractivity contribution is 7.16. The van der Waals surface area contributed by atoms with E-state index in [1.165, 1.54) is 16.0 Å². The molecule has 0 aliphatic rings. The minimum absolute atomic E-state index is 0.264. The molecular weight excluding hydrogens is 290 g/mol. The molecule has 1 heterocycles. The van der Waals surface area contributed by atoms with Gasteiger partial charge in [0.2, 0.25) is 0 Å². The third-order valence-electron chi connectivity index (χ3n) is 3.30. The van der Waals surface area contributed by atoms with Crippen molar-refractivity contribution in [3.05, 3.63) is 50.7 Å². The molecule has 0 aliphatic carbocycles. The zero-order chi connectivity index (χ0) is 14.5. The second-order valence-corrected chi connectivity index (χ2v) is 6.68. The molecule has 0 aliphatic heterocycles. The summed E-state index contributed by atoms with van der Waals surface area (Å²) in [4.78, 5) is 1.31. The zero-order valence-electron chi connectivity index (χ0n) is 12.1. The predicted molar refractivity (Wildman–Crippen MR) is 87.2 cm³/mol. The van der Waals surface area contributed by atoms with Gasteiger partial charge in [-0.3, -0.25) is 0 Å². The van der Waals surface area contributed by atoms with E-state index in [0.29, 0.717) is 0 Å². The standard InChI is InChI=1S/C16H20ClNOS/c1-11-4-6-15(19-3)14(10-11)12(2)18-9-8-13-5-7-16(17)20-13/h4-7,10,12,18H,8-9H2,1-3H3. The molecule has 1 unspecified atom stereocenters. The van der Waals surface area contributed by atoms with Gasteiger partial charge in [-0.05, 0) is 38.5 Å². The topological polar surface area (TPSA) is 21.3 Å². The molecule has 108 valence electrons. The van der Waals surface area contributed by atoms with Crippen molar-refractivity contribution < 1.29 is 4.74 Å². The monoisotopic (exact) mass is 309 g/mol. The van der Waals surface area contributed by atoms with Crippen LogP contribution in [0, 0.1) is 6.92 Å². The van der Waals surface area contributed by atoms with Crippen LogP contribution in [0.25, 0.3) is 0 Å². The molecule has 0 amide bonds. The summed E-state index contributed by atoms with van der Waals surface area (Å²) in [5, 5.41) is 3.54. The van der Waals surface area contributed by atoms with E-state index in [-0.39, 0.29) is 6.04 Å². The molecule has 4 heteroatoms. The van der Waals surface area contributed by atoms with Gasteiger partial charge in [-0.1, -0.05) is 29.3 Å². The van der Waals surface area contributed by atoms with Gasteiger partial charge in [-0.2, -0.15) is 0 Å². The number of hydrogen-bond acceptors (Lipinski definition) is 3. The van der Waals surface area contributed by atoms with Crippen LogP contribution >= 0.6 is 22.9 Å². The van der Waals surface area contributed by atoms with Gasteiger partial charge in [0.15, 0.2) is 0 Å². The molecule has 1 aromatic heterocycles. The predicted octanol–water partition coefficient (Wildman–Crippen LogP) is 4.61. The number of benzene rings is 1. The van der Waals surface area contributed by atoms with E-state index < -0.39 is 0 Å². The third kappa shape index (κ3) is 3.98. The zero-order valence-corrected chi connectivity index (χ0v) is 13.6. The van der Waals surface area contributed by atoms with Gasteiger partial charge in [-0.15, -0.1) is 11.3 Å². The normalized spacial score (nSPS) is 12.4. The minimum atomic E-state index is 0.264. The first-order valence-electron chi connectivity index (χ1n) is 6.72. The van der Waals surface area contributed by atoms with Gasteiger partial charge in [0, 0.05) is 23.0 Å². The van der Waals surface area contributed by atoms with E-state index >= 15 is 0 Å². The second-order valence-electron chi connectivity index (χ2n) is 4.88. The van der Waals surface area contributed by atoms with E-state index in [1.54, 1.807) is 18.4 Å². The maximum absolute atomic E-state index is 5.94. The number of thiophene rings is 1. The third-order valence-corrected chi connectivity index (χ3v) is 4.59. The number of halogens is 1. The summed E-state index contributed by atoms with van der Waals surface area (Å²) >= 11 is 7.58. The Bertz CT molecular complexity index is 567. The Balaban J connectivity index is 1.94. The fourth-order valence-corrected chi connectivity index (χ4v) is 3.29. The highest BCUT2D eigenvalue weighted by Gasteiger charge is 2.11. The Morgan fingerprint density at radius 1 is 1.30 bits per heavy atom. The number of hydrogen-bond donors (Lipinski definition) is 1. The number of ether oxygens (including phenoxy) is 1. The lowest BCUT2D eigenvalue weighted by atomic mass is 10.0. The molecule has 20 heavy (non-hydrogen) atoms. The van der Waals surface area contributed by atoms with Crippen LogP contribution in [0.15, 0.2) is 30.3 Å². The number of rotatable bonds is 6. The first-order valence-corrected chi connectivity index (χ1v) is 7.91. The van der Waals surface area contributed by atoms with Gasteiger partial charge in [0.1, 0.15) is 5.75 Å². The fourth-order valence-electron chi connectivity index (χ4n) is 2.20. The summed E-state index contributed by atoms with van der Waals surface area (Å²) in [6, 6.07) is 10.6. The number of nitrogens with one attached hydrogen (secondary N) is 1. The lowest BCUT2D eigenvalue weighted by Crippen LogP contribution is -2.21. The van der Waals surface area contributed by atoms with Gasteiger partial charge < -0.3 is 10.1 Å². The van der Waals surface area contributed by atoms with Crippen LogP contribution in [0.4, 0.5) is 0 Å². The molecule has 0 bridgehead atoms. The van der Waals surface area contributed by atoms with E-state index in [0.717, 1.165) is 23.1 Å². The summed E-state index contributed by atoms with van der Waals surface area (Å²) in [6.45, 7) is 5.19. The molecule has 0 spiro atoms. The van der Waals surface area contributed by atoms with Crippen LogP contribution in [0.3, 0.4) is 0 Å². The van der Waals surface area contributed by atoms with Crippen LogP contribution in [0.2, 0.25) is 4.34 Å². The lowest BCUT2D eigenvalue weighted by molar-refractivity contribution is 0.402. The Kier molecular flexibility index (Phi) is 5.46. The average Bonchev–Trinajstić information content (AvgIpc) is 2.84. The summed E-state index contributed by atoms with van der Waals surface area (Å²) in [7, 11) is 1.72. The molecule has 0 saturated carbocycles. The van der Waals surface area contributed by atoms with Gasteiger partial charge in [0.05, 0.1) is 11.4 Å². The molecule has 1 aromatic carbocycles. The molecular formula is C16H20ClNOS. The quantitative estimate of drug-likeness (QED) is 0.841. The van der Waals surface area contributed by atoms with E-state index in [9.17, 15) is 0 Å². The summed E-state index contributed by atoms with van der Waals surface area (Å²) in [5.74, 6) is 0.940. The Labute approximate surface area is 129 Å².